The highest BCUT2D eigenvalue weighted by molar-refractivity contribution is 7.45. The standard InChI is InChI=1S/C63H116NO8P/c1-6-8-10-12-14-16-18-20-22-24-26-28-29-30-31-32-33-34-35-36-38-40-42-44-46-48-50-52-54-56-63(66)72-61(60-71-73(67,68)70-58-57-64(3,4)5)59-69-62(65)55-53-51-49-47-45-43-41-39-37-27-25-23-21-19-17-15-13-11-9-7-2/h8,10,14,16,20,22,26,28,30-31,61H,6-7,9,11-13,15,17-19,21,23-25,27,29,32-60H2,1-5H3/b10-8-,16-14-,22-20-,28-26-,31-30-. The van der Waals surface area contributed by atoms with Gasteiger partial charge in [0.2, 0.25) is 0 Å². The van der Waals surface area contributed by atoms with Crippen LogP contribution in [0.25, 0.3) is 0 Å². The molecule has 0 saturated heterocycles. The van der Waals surface area contributed by atoms with Gasteiger partial charge in [-0.3, -0.25) is 14.2 Å². The molecule has 0 radical (unpaired) electrons. The van der Waals surface area contributed by atoms with Gasteiger partial charge in [0.15, 0.2) is 6.10 Å². The van der Waals surface area contributed by atoms with Crippen molar-refractivity contribution in [3.63, 3.8) is 0 Å². The molecule has 0 saturated carbocycles. The van der Waals surface area contributed by atoms with Crippen molar-refractivity contribution >= 4 is 19.8 Å². The van der Waals surface area contributed by atoms with Crippen LogP contribution in [-0.2, 0) is 32.7 Å². The molecule has 0 N–H and O–H groups in total. The average Bonchev–Trinajstić information content (AvgIpc) is 3.35. The first kappa shape index (κ1) is 70.7. The average molecular weight is 1050 g/mol. The minimum atomic E-state index is -4.64. The predicted molar refractivity (Wildman–Crippen MR) is 310 cm³/mol. The summed E-state index contributed by atoms with van der Waals surface area (Å²) in [7, 11) is 1.17. The first-order chi connectivity index (χ1) is 35.5. The molecule has 10 heteroatoms. The Bertz CT molecular complexity index is 1420. The molecule has 0 amide bonds. The first-order valence-electron chi connectivity index (χ1n) is 30.5. The van der Waals surface area contributed by atoms with Crippen LogP contribution in [0, 0.1) is 0 Å². The van der Waals surface area contributed by atoms with Gasteiger partial charge in [-0.15, -0.1) is 0 Å². The predicted octanol–water partition coefficient (Wildman–Crippen LogP) is 18.5. The van der Waals surface area contributed by atoms with Crippen LogP contribution in [0.1, 0.15) is 277 Å². The lowest BCUT2D eigenvalue weighted by Gasteiger charge is -2.28. The van der Waals surface area contributed by atoms with Gasteiger partial charge in [-0.1, -0.05) is 267 Å². The molecule has 0 bridgehead atoms. The molecular weight excluding hydrogens is 930 g/mol. The second-order valence-electron chi connectivity index (χ2n) is 21.7. The Labute approximate surface area is 451 Å². The topological polar surface area (TPSA) is 111 Å². The van der Waals surface area contributed by atoms with E-state index in [2.05, 4.69) is 74.6 Å². The van der Waals surface area contributed by atoms with E-state index in [1.165, 1.54) is 173 Å². The van der Waals surface area contributed by atoms with Crippen LogP contribution in [0.3, 0.4) is 0 Å². The zero-order valence-electron chi connectivity index (χ0n) is 48.3. The van der Waals surface area contributed by atoms with Crippen LogP contribution < -0.4 is 4.89 Å². The van der Waals surface area contributed by atoms with Gasteiger partial charge < -0.3 is 27.9 Å². The maximum absolute atomic E-state index is 12.8. The highest BCUT2D eigenvalue weighted by Gasteiger charge is 2.22. The number of hydrogen-bond acceptors (Lipinski definition) is 8. The van der Waals surface area contributed by atoms with E-state index in [1.54, 1.807) is 0 Å². The van der Waals surface area contributed by atoms with Gasteiger partial charge in [0, 0.05) is 12.8 Å². The number of allylic oxidation sites excluding steroid dienone is 10. The van der Waals surface area contributed by atoms with Crippen molar-refractivity contribution in [2.75, 3.05) is 47.5 Å². The van der Waals surface area contributed by atoms with E-state index in [9.17, 15) is 19.0 Å². The molecule has 2 unspecified atom stereocenters. The highest BCUT2D eigenvalue weighted by Crippen LogP contribution is 2.38. The van der Waals surface area contributed by atoms with Crippen molar-refractivity contribution in [3.8, 4) is 0 Å². The van der Waals surface area contributed by atoms with Gasteiger partial charge in [0.1, 0.15) is 19.8 Å². The summed E-state index contributed by atoms with van der Waals surface area (Å²) in [5, 5.41) is 0. The summed E-state index contributed by atoms with van der Waals surface area (Å²) < 4.78 is 34.2. The Hall–Kier alpha value is -2.29. The molecule has 0 aliphatic heterocycles. The van der Waals surface area contributed by atoms with E-state index in [4.69, 9.17) is 18.5 Å². The van der Waals surface area contributed by atoms with E-state index >= 15 is 0 Å². The smallest absolute Gasteiger partial charge is 0.306 e. The lowest BCUT2D eigenvalue weighted by atomic mass is 10.0. The van der Waals surface area contributed by atoms with Gasteiger partial charge in [-0.2, -0.15) is 0 Å². The van der Waals surface area contributed by atoms with Crippen molar-refractivity contribution < 1.29 is 42.1 Å². The molecule has 0 rings (SSSR count). The summed E-state index contributed by atoms with van der Waals surface area (Å²) >= 11 is 0. The molecule has 0 heterocycles. The Morgan fingerprint density at radius 2 is 0.781 bits per heavy atom. The number of unbranched alkanes of at least 4 members (excludes halogenated alkanes) is 32. The summed E-state index contributed by atoms with van der Waals surface area (Å²) in [6, 6.07) is 0. The minimum Gasteiger partial charge on any atom is -0.756 e. The number of likely N-dealkylation sites (N-methyl/N-ethyl adjacent to an activating group) is 1. The van der Waals surface area contributed by atoms with Crippen LogP contribution in [0.15, 0.2) is 60.8 Å². The van der Waals surface area contributed by atoms with Crippen LogP contribution >= 0.6 is 7.82 Å². The first-order valence-corrected chi connectivity index (χ1v) is 32.0. The molecule has 426 valence electrons. The summed E-state index contributed by atoms with van der Waals surface area (Å²) in [5.41, 5.74) is 0. The SMILES string of the molecule is CC/C=C\C/C=C\C/C=C\C/C=C\C/C=C\CCCCCCCCCCCCCCCC(=O)OC(COC(=O)CCCCCCCCCCCCCCCCCCCCCC)COP(=O)([O-])OCC[N+](C)(C)C. The van der Waals surface area contributed by atoms with Crippen LogP contribution in [-0.4, -0.2) is 70.0 Å². The Morgan fingerprint density at radius 3 is 1.16 bits per heavy atom. The largest absolute Gasteiger partial charge is 0.756 e. The molecule has 73 heavy (non-hydrogen) atoms. The molecule has 0 aliphatic rings. The fourth-order valence-electron chi connectivity index (χ4n) is 8.63. The second kappa shape index (κ2) is 54.5. The third kappa shape index (κ3) is 58.8. The van der Waals surface area contributed by atoms with E-state index < -0.39 is 26.5 Å². The number of phosphoric acid groups is 1. The maximum atomic E-state index is 12.8. The van der Waals surface area contributed by atoms with E-state index in [1.807, 2.05) is 21.1 Å². The third-order valence-corrected chi connectivity index (χ3v) is 14.3. The normalized spacial score (nSPS) is 13.7. The van der Waals surface area contributed by atoms with Gasteiger partial charge in [-0.05, 0) is 57.8 Å². The lowest BCUT2D eigenvalue weighted by molar-refractivity contribution is -0.870. The maximum Gasteiger partial charge on any atom is 0.306 e. The van der Waals surface area contributed by atoms with Crippen LogP contribution in [0.5, 0.6) is 0 Å². The second-order valence-corrected chi connectivity index (χ2v) is 23.1. The molecule has 0 aromatic carbocycles. The molecule has 0 aliphatic carbocycles. The number of nitrogens with zero attached hydrogens (tertiary/aromatic N) is 1. The Kier molecular flexibility index (Phi) is 52.8. The van der Waals surface area contributed by atoms with Gasteiger partial charge in [0.25, 0.3) is 7.82 Å². The minimum absolute atomic E-state index is 0.0306. The van der Waals surface area contributed by atoms with Crippen LogP contribution in [0.2, 0.25) is 0 Å². The number of esters is 2. The number of ether oxygens (including phenoxy) is 2. The molecular formula is C63H116NO8P. The van der Waals surface area contributed by atoms with Gasteiger partial charge in [0.05, 0.1) is 27.7 Å². The molecule has 0 spiro atoms. The number of quaternary nitrogens is 1. The number of rotatable bonds is 56. The molecule has 0 aromatic heterocycles. The molecule has 0 fully saturated rings. The monoisotopic (exact) mass is 1050 g/mol. The zero-order valence-corrected chi connectivity index (χ0v) is 49.2. The molecule has 0 aromatic rings. The van der Waals surface area contributed by atoms with E-state index in [-0.39, 0.29) is 32.0 Å². The van der Waals surface area contributed by atoms with E-state index in [0.717, 1.165) is 70.6 Å². The zero-order chi connectivity index (χ0) is 53.5. The number of hydrogen-bond donors (Lipinski definition) is 0. The van der Waals surface area contributed by atoms with Crippen LogP contribution in [0.4, 0.5) is 0 Å². The number of phosphoric ester groups is 1. The molecule has 9 nitrogen and oxygen atoms in total. The third-order valence-electron chi connectivity index (χ3n) is 13.3. The summed E-state index contributed by atoms with van der Waals surface area (Å²) in [4.78, 5) is 37.9. The van der Waals surface area contributed by atoms with Crippen molar-refractivity contribution in [1.29, 1.82) is 0 Å². The quantitative estimate of drug-likeness (QED) is 0.0195. The molecule has 2 atom stereocenters. The fourth-order valence-corrected chi connectivity index (χ4v) is 9.36. The van der Waals surface area contributed by atoms with Crippen molar-refractivity contribution in [2.24, 2.45) is 0 Å². The summed E-state index contributed by atoms with van der Waals surface area (Å²) in [5.74, 6) is -0.823. The Morgan fingerprint density at radius 1 is 0.438 bits per heavy atom. The van der Waals surface area contributed by atoms with Crippen molar-refractivity contribution in [3.05, 3.63) is 60.8 Å². The Balaban J connectivity index is 4.11. The summed E-state index contributed by atoms with van der Waals surface area (Å²) in [6.45, 7) is 4.16. The van der Waals surface area contributed by atoms with Gasteiger partial charge in [-0.25, -0.2) is 0 Å². The number of carbonyl (C=O) groups excluding carboxylic acids is 2. The number of carbonyl (C=O) groups is 2. The lowest BCUT2D eigenvalue weighted by Crippen LogP contribution is -2.37. The van der Waals surface area contributed by atoms with E-state index in [0.29, 0.717) is 17.4 Å². The van der Waals surface area contributed by atoms with Crippen molar-refractivity contribution in [2.45, 2.75) is 283 Å². The summed E-state index contributed by atoms with van der Waals surface area (Å²) in [6.07, 6.45) is 69.8. The fraction of sp³-hybridized carbons (Fsp3) is 0.810. The highest BCUT2D eigenvalue weighted by atomic mass is 31.2. The van der Waals surface area contributed by atoms with Crippen molar-refractivity contribution in [1.82, 2.24) is 0 Å². The van der Waals surface area contributed by atoms with Gasteiger partial charge >= 0.3 is 11.9 Å².